The number of methoxy groups -OCH3 is 1. The summed E-state index contributed by atoms with van der Waals surface area (Å²) in [4.78, 5) is 2.26. The first kappa shape index (κ1) is 16.5. The number of hydrogen-bond donors (Lipinski definition) is 1. The maximum Gasteiger partial charge on any atom is 0.0479 e. The third kappa shape index (κ3) is 5.93. The Morgan fingerprint density at radius 2 is 2.16 bits per heavy atom. The smallest absolute Gasteiger partial charge is 0.0479 e. The molecule has 0 aliphatic heterocycles. The van der Waals surface area contributed by atoms with Crippen LogP contribution in [-0.4, -0.2) is 33.9 Å². The molecule has 1 aromatic carbocycles. The normalized spacial score (nSPS) is 10.7. The Bertz CT molecular complexity index is 371. The fourth-order valence-corrected chi connectivity index (χ4v) is 2.40. The van der Waals surface area contributed by atoms with Gasteiger partial charge in [0.1, 0.15) is 0 Å². The molecule has 1 aromatic rings. The monoisotopic (exact) mass is 328 g/mol. The van der Waals surface area contributed by atoms with Gasteiger partial charge in [0.25, 0.3) is 0 Å². The van der Waals surface area contributed by atoms with Crippen molar-refractivity contribution in [3.8, 4) is 0 Å². The summed E-state index contributed by atoms with van der Waals surface area (Å²) in [6.07, 6.45) is 2.21. The molecule has 0 bridgehead atoms. The molecule has 0 fully saturated rings. The van der Waals surface area contributed by atoms with E-state index in [4.69, 9.17) is 4.74 Å². The minimum atomic E-state index is 0.810. The van der Waals surface area contributed by atoms with E-state index in [0.29, 0.717) is 0 Å². The number of nitrogens with zero attached hydrogens (tertiary/aromatic N) is 1. The molecule has 0 spiro atoms. The van der Waals surface area contributed by atoms with Crippen molar-refractivity contribution in [3.63, 3.8) is 0 Å². The van der Waals surface area contributed by atoms with Gasteiger partial charge >= 0.3 is 0 Å². The Balaban J connectivity index is 2.54. The molecule has 0 aromatic heterocycles. The molecule has 0 unspecified atom stereocenters. The number of halogens is 1. The van der Waals surface area contributed by atoms with Gasteiger partial charge in [-0.25, -0.2) is 0 Å². The number of ether oxygens (including phenoxy) is 1. The number of rotatable bonds is 9. The van der Waals surface area contributed by atoms with Crippen molar-refractivity contribution < 1.29 is 4.74 Å². The third-order valence-corrected chi connectivity index (χ3v) is 3.80. The zero-order valence-corrected chi connectivity index (χ0v) is 13.8. The largest absolute Gasteiger partial charge is 0.385 e. The fraction of sp³-hybridized carbons (Fsp3) is 0.600. The zero-order valence-electron chi connectivity index (χ0n) is 12.2. The molecular weight excluding hydrogens is 304 g/mol. The summed E-state index contributed by atoms with van der Waals surface area (Å²) in [6, 6.07) is 6.56. The van der Waals surface area contributed by atoms with Crippen LogP contribution in [0.5, 0.6) is 0 Å². The first-order chi connectivity index (χ1) is 9.19. The molecule has 108 valence electrons. The van der Waals surface area contributed by atoms with Crippen LogP contribution in [0, 0.1) is 0 Å². The van der Waals surface area contributed by atoms with Gasteiger partial charge in [-0.3, -0.25) is 0 Å². The lowest BCUT2D eigenvalue weighted by molar-refractivity contribution is 0.196. The van der Waals surface area contributed by atoms with Crippen molar-refractivity contribution in [1.29, 1.82) is 0 Å². The minimum absolute atomic E-state index is 0.810. The summed E-state index contributed by atoms with van der Waals surface area (Å²) in [5.74, 6) is 0. The van der Waals surface area contributed by atoms with Gasteiger partial charge < -0.3 is 15.0 Å². The maximum atomic E-state index is 5.08. The second-order valence-corrected chi connectivity index (χ2v) is 5.57. The molecule has 19 heavy (non-hydrogen) atoms. The molecule has 0 amide bonds. The van der Waals surface area contributed by atoms with Gasteiger partial charge in [0.15, 0.2) is 0 Å². The van der Waals surface area contributed by atoms with E-state index < -0.39 is 0 Å². The third-order valence-electron chi connectivity index (χ3n) is 3.06. The molecule has 3 nitrogen and oxygen atoms in total. The van der Waals surface area contributed by atoms with Crippen LogP contribution in [0.15, 0.2) is 22.7 Å². The Morgan fingerprint density at radius 1 is 1.37 bits per heavy atom. The Labute approximate surface area is 125 Å². The van der Waals surface area contributed by atoms with E-state index in [1.54, 1.807) is 7.11 Å². The van der Waals surface area contributed by atoms with E-state index in [1.165, 1.54) is 15.7 Å². The second-order valence-electron chi connectivity index (χ2n) is 4.72. The van der Waals surface area contributed by atoms with Crippen LogP contribution in [0.4, 0.5) is 5.69 Å². The maximum absolute atomic E-state index is 5.08. The molecule has 0 aliphatic rings. The van der Waals surface area contributed by atoms with Crippen LogP contribution in [0.3, 0.4) is 0 Å². The van der Waals surface area contributed by atoms with Crippen molar-refractivity contribution in [1.82, 2.24) is 5.32 Å². The molecular formula is C15H25BrN2O. The zero-order chi connectivity index (χ0) is 14.1. The van der Waals surface area contributed by atoms with Gasteiger partial charge in [-0.1, -0.05) is 28.9 Å². The van der Waals surface area contributed by atoms with Crippen molar-refractivity contribution in [3.05, 3.63) is 28.2 Å². The van der Waals surface area contributed by atoms with Gasteiger partial charge in [0.2, 0.25) is 0 Å². The van der Waals surface area contributed by atoms with Gasteiger partial charge in [0.05, 0.1) is 0 Å². The number of nitrogens with one attached hydrogen (secondary N) is 1. The minimum Gasteiger partial charge on any atom is -0.385 e. The lowest BCUT2D eigenvalue weighted by Crippen LogP contribution is -2.20. The number of hydrogen-bond acceptors (Lipinski definition) is 3. The van der Waals surface area contributed by atoms with Gasteiger partial charge in [-0.15, -0.1) is 0 Å². The topological polar surface area (TPSA) is 24.5 Å². The number of anilines is 1. The van der Waals surface area contributed by atoms with Crippen LogP contribution < -0.4 is 10.2 Å². The fourth-order valence-electron chi connectivity index (χ4n) is 1.89. The first-order valence-corrected chi connectivity index (χ1v) is 7.67. The quantitative estimate of drug-likeness (QED) is 0.703. The second kappa shape index (κ2) is 9.34. The summed E-state index contributed by atoms with van der Waals surface area (Å²) in [5, 5.41) is 3.42. The molecule has 0 heterocycles. The Morgan fingerprint density at radius 3 is 2.79 bits per heavy atom. The molecule has 4 heteroatoms. The summed E-state index contributed by atoms with van der Waals surface area (Å²) < 4.78 is 6.25. The van der Waals surface area contributed by atoms with Crippen molar-refractivity contribution in [2.45, 2.75) is 26.3 Å². The first-order valence-electron chi connectivity index (χ1n) is 6.88. The van der Waals surface area contributed by atoms with Crippen LogP contribution in [-0.2, 0) is 11.3 Å². The molecule has 1 rings (SSSR count). The average Bonchev–Trinajstić information content (AvgIpc) is 2.41. The highest BCUT2D eigenvalue weighted by Gasteiger charge is 2.05. The average molecular weight is 329 g/mol. The van der Waals surface area contributed by atoms with Gasteiger partial charge in [-0.05, 0) is 37.1 Å². The summed E-state index contributed by atoms with van der Waals surface area (Å²) in [6.45, 7) is 5.98. The lowest BCUT2D eigenvalue weighted by atomic mass is 10.2. The van der Waals surface area contributed by atoms with Crippen molar-refractivity contribution >= 4 is 21.6 Å². The highest BCUT2D eigenvalue weighted by Crippen LogP contribution is 2.23. The predicted molar refractivity (Wildman–Crippen MR) is 85.9 cm³/mol. The SMILES string of the molecule is CCCNCc1ccc(N(C)CCCOC)cc1Br. The highest BCUT2D eigenvalue weighted by atomic mass is 79.9. The predicted octanol–water partition coefficient (Wildman–Crippen LogP) is 3.42. The van der Waals surface area contributed by atoms with Crippen molar-refractivity contribution in [2.24, 2.45) is 0 Å². The van der Waals surface area contributed by atoms with Crippen LogP contribution >= 0.6 is 15.9 Å². The Hall–Kier alpha value is -0.580. The van der Waals surface area contributed by atoms with E-state index in [-0.39, 0.29) is 0 Å². The van der Waals surface area contributed by atoms with Crippen LogP contribution in [0.2, 0.25) is 0 Å². The highest BCUT2D eigenvalue weighted by molar-refractivity contribution is 9.10. The van der Waals surface area contributed by atoms with Gasteiger partial charge in [0, 0.05) is 44.0 Å². The van der Waals surface area contributed by atoms with E-state index in [1.807, 2.05) is 0 Å². The molecule has 0 saturated carbocycles. The van der Waals surface area contributed by atoms with E-state index in [2.05, 4.69) is 58.3 Å². The molecule has 0 radical (unpaired) electrons. The molecule has 1 N–H and O–H groups in total. The van der Waals surface area contributed by atoms with E-state index >= 15 is 0 Å². The summed E-state index contributed by atoms with van der Waals surface area (Å²) >= 11 is 3.66. The number of benzene rings is 1. The van der Waals surface area contributed by atoms with E-state index in [9.17, 15) is 0 Å². The standard InChI is InChI=1S/C15H25BrN2O/c1-4-8-17-12-13-6-7-14(11-15(13)16)18(2)9-5-10-19-3/h6-7,11,17H,4-5,8-10,12H2,1-3H3. The van der Waals surface area contributed by atoms with Gasteiger partial charge in [-0.2, -0.15) is 0 Å². The molecule has 0 saturated heterocycles. The Kier molecular flexibility index (Phi) is 8.10. The van der Waals surface area contributed by atoms with E-state index in [0.717, 1.165) is 39.1 Å². The molecule has 0 aliphatic carbocycles. The summed E-state index contributed by atoms with van der Waals surface area (Å²) in [7, 11) is 3.86. The summed E-state index contributed by atoms with van der Waals surface area (Å²) in [5.41, 5.74) is 2.55. The lowest BCUT2D eigenvalue weighted by Gasteiger charge is -2.20. The van der Waals surface area contributed by atoms with Crippen LogP contribution in [0.25, 0.3) is 0 Å². The molecule has 0 atom stereocenters. The van der Waals surface area contributed by atoms with Crippen LogP contribution in [0.1, 0.15) is 25.3 Å². The van der Waals surface area contributed by atoms with Crippen molar-refractivity contribution in [2.75, 3.05) is 38.8 Å².